The second-order valence-corrected chi connectivity index (χ2v) is 3.63. The van der Waals surface area contributed by atoms with Gasteiger partial charge in [0.15, 0.2) is 0 Å². The van der Waals surface area contributed by atoms with Crippen LogP contribution in [0.3, 0.4) is 0 Å². The summed E-state index contributed by atoms with van der Waals surface area (Å²) < 4.78 is 0. The molecule has 0 aliphatic carbocycles. The fourth-order valence-corrected chi connectivity index (χ4v) is 1.57. The lowest BCUT2D eigenvalue weighted by atomic mass is 9.99. The van der Waals surface area contributed by atoms with Gasteiger partial charge in [-0.25, -0.2) is 0 Å². The van der Waals surface area contributed by atoms with E-state index in [1.807, 2.05) is 6.08 Å². The van der Waals surface area contributed by atoms with Crippen LogP contribution in [-0.4, -0.2) is 0 Å². The Hall–Kier alpha value is -0.520. The molecule has 0 fully saturated rings. The summed E-state index contributed by atoms with van der Waals surface area (Å²) in [7, 11) is 0. The molecule has 0 N–H and O–H groups in total. The molecule has 0 rings (SSSR count). The molecule has 0 aliphatic rings. The molecule has 0 amide bonds. The first kappa shape index (κ1) is 12.5. The Morgan fingerprint density at radius 1 is 1.15 bits per heavy atom. The van der Waals surface area contributed by atoms with Gasteiger partial charge in [0.1, 0.15) is 0 Å². The van der Waals surface area contributed by atoms with Crippen LogP contribution in [0.5, 0.6) is 0 Å². The van der Waals surface area contributed by atoms with Crippen molar-refractivity contribution in [2.24, 2.45) is 0 Å². The third kappa shape index (κ3) is 5.68. The predicted octanol–water partition coefficient (Wildman–Crippen LogP) is 4.87. The standard InChI is InChI=1S/C13H24/c1-5-8-9-10-11-13(7-3)12(4)6-2/h5H,1,6-11H2,2-4H3/b13-12-. The smallest absolute Gasteiger partial charge is 0.0318 e. The van der Waals surface area contributed by atoms with E-state index in [-0.39, 0.29) is 0 Å². The van der Waals surface area contributed by atoms with Gasteiger partial charge >= 0.3 is 0 Å². The lowest BCUT2D eigenvalue weighted by Gasteiger charge is -2.08. The summed E-state index contributed by atoms with van der Waals surface area (Å²) in [6.45, 7) is 10.5. The highest BCUT2D eigenvalue weighted by Gasteiger charge is 1.98. The molecular formula is C13H24. The minimum Gasteiger partial charge on any atom is -0.103 e. The maximum absolute atomic E-state index is 3.74. The van der Waals surface area contributed by atoms with Crippen molar-refractivity contribution in [2.75, 3.05) is 0 Å². The van der Waals surface area contributed by atoms with Crippen molar-refractivity contribution in [1.82, 2.24) is 0 Å². The Kier molecular flexibility index (Phi) is 7.77. The van der Waals surface area contributed by atoms with Crippen LogP contribution >= 0.6 is 0 Å². The maximum atomic E-state index is 3.74. The molecule has 0 aliphatic heterocycles. The molecule has 0 aromatic carbocycles. The van der Waals surface area contributed by atoms with Gasteiger partial charge in [-0.3, -0.25) is 0 Å². The number of hydrogen-bond acceptors (Lipinski definition) is 0. The average molecular weight is 180 g/mol. The first-order chi connectivity index (χ1) is 6.26. The predicted molar refractivity (Wildman–Crippen MR) is 61.9 cm³/mol. The maximum Gasteiger partial charge on any atom is -0.0318 e. The molecule has 13 heavy (non-hydrogen) atoms. The van der Waals surface area contributed by atoms with E-state index in [0.29, 0.717) is 0 Å². The molecule has 0 heterocycles. The van der Waals surface area contributed by atoms with Gasteiger partial charge in [0.25, 0.3) is 0 Å². The van der Waals surface area contributed by atoms with Gasteiger partial charge in [-0.15, -0.1) is 6.58 Å². The molecule has 0 unspecified atom stereocenters. The van der Waals surface area contributed by atoms with Gasteiger partial charge in [0, 0.05) is 0 Å². The van der Waals surface area contributed by atoms with Crippen molar-refractivity contribution in [3.8, 4) is 0 Å². The van der Waals surface area contributed by atoms with E-state index in [2.05, 4.69) is 27.4 Å². The molecule has 0 saturated carbocycles. The third-order valence-corrected chi connectivity index (χ3v) is 2.70. The quantitative estimate of drug-likeness (QED) is 0.387. The van der Waals surface area contributed by atoms with Crippen molar-refractivity contribution in [3.05, 3.63) is 23.8 Å². The molecule has 0 saturated heterocycles. The highest BCUT2D eigenvalue weighted by Crippen LogP contribution is 2.18. The largest absolute Gasteiger partial charge is 0.103 e. The van der Waals surface area contributed by atoms with Crippen LogP contribution in [0.1, 0.15) is 59.3 Å². The lowest BCUT2D eigenvalue weighted by Crippen LogP contribution is -1.88. The molecule has 0 aromatic rings. The van der Waals surface area contributed by atoms with E-state index < -0.39 is 0 Å². The number of allylic oxidation sites excluding steroid dienone is 3. The van der Waals surface area contributed by atoms with E-state index in [0.717, 1.165) is 0 Å². The molecule has 0 heteroatoms. The average Bonchev–Trinajstić information content (AvgIpc) is 2.17. The van der Waals surface area contributed by atoms with Crippen molar-refractivity contribution in [2.45, 2.75) is 59.3 Å². The SMILES string of the molecule is C=CCCCC/C(CC)=C(/C)CC. The second-order valence-electron chi connectivity index (χ2n) is 3.63. The molecule has 0 radical (unpaired) electrons. The minimum absolute atomic E-state index is 1.17. The number of rotatable bonds is 7. The van der Waals surface area contributed by atoms with Gasteiger partial charge in [-0.05, 0) is 45.4 Å². The van der Waals surface area contributed by atoms with E-state index >= 15 is 0 Å². The molecule has 76 valence electrons. The zero-order valence-corrected chi connectivity index (χ0v) is 9.53. The molecule has 0 spiro atoms. The highest BCUT2D eigenvalue weighted by atomic mass is 14.0. The van der Waals surface area contributed by atoms with Gasteiger partial charge in [-0.1, -0.05) is 31.1 Å². The van der Waals surface area contributed by atoms with Gasteiger partial charge in [-0.2, -0.15) is 0 Å². The van der Waals surface area contributed by atoms with Crippen molar-refractivity contribution in [3.63, 3.8) is 0 Å². The Morgan fingerprint density at radius 3 is 2.31 bits per heavy atom. The van der Waals surface area contributed by atoms with Gasteiger partial charge < -0.3 is 0 Å². The van der Waals surface area contributed by atoms with Crippen LogP contribution in [-0.2, 0) is 0 Å². The summed E-state index contributed by atoms with van der Waals surface area (Å²) in [5.41, 5.74) is 3.27. The van der Waals surface area contributed by atoms with Crippen molar-refractivity contribution in [1.29, 1.82) is 0 Å². The number of unbranched alkanes of at least 4 members (excludes halogenated alkanes) is 2. The fraction of sp³-hybridized carbons (Fsp3) is 0.692. The van der Waals surface area contributed by atoms with Crippen LogP contribution in [0.15, 0.2) is 23.8 Å². The Labute approximate surface area is 83.7 Å². The normalized spacial score (nSPS) is 12.5. The van der Waals surface area contributed by atoms with Crippen LogP contribution in [0.4, 0.5) is 0 Å². The van der Waals surface area contributed by atoms with Crippen LogP contribution in [0, 0.1) is 0 Å². The van der Waals surface area contributed by atoms with Crippen LogP contribution in [0.2, 0.25) is 0 Å². The fourth-order valence-electron chi connectivity index (χ4n) is 1.57. The van der Waals surface area contributed by atoms with Crippen LogP contribution < -0.4 is 0 Å². The Balaban J connectivity index is 3.78. The molecule has 0 bridgehead atoms. The highest BCUT2D eigenvalue weighted by molar-refractivity contribution is 5.11. The first-order valence-corrected chi connectivity index (χ1v) is 5.54. The van der Waals surface area contributed by atoms with E-state index in [1.165, 1.54) is 38.5 Å². The monoisotopic (exact) mass is 180 g/mol. The van der Waals surface area contributed by atoms with Gasteiger partial charge in [0.2, 0.25) is 0 Å². The van der Waals surface area contributed by atoms with Crippen LogP contribution in [0.25, 0.3) is 0 Å². The lowest BCUT2D eigenvalue weighted by molar-refractivity contribution is 0.718. The molecule has 0 nitrogen and oxygen atoms in total. The third-order valence-electron chi connectivity index (χ3n) is 2.70. The summed E-state index contributed by atoms with van der Waals surface area (Å²) >= 11 is 0. The van der Waals surface area contributed by atoms with E-state index in [9.17, 15) is 0 Å². The van der Waals surface area contributed by atoms with E-state index in [4.69, 9.17) is 0 Å². The first-order valence-electron chi connectivity index (χ1n) is 5.54. The van der Waals surface area contributed by atoms with E-state index in [1.54, 1.807) is 11.1 Å². The van der Waals surface area contributed by atoms with Gasteiger partial charge in [0.05, 0.1) is 0 Å². The second kappa shape index (κ2) is 8.10. The Bertz CT molecular complexity index is 163. The summed E-state index contributed by atoms with van der Waals surface area (Å²) in [5.74, 6) is 0. The molecule has 0 atom stereocenters. The zero-order valence-electron chi connectivity index (χ0n) is 9.53. The summed E-state index contributed by atoms with van der Waals surface area (Å²) in [6.07, 6.45) is 9.54. The minimum atomic E-state index is 1.17. The summed E-state index contributed by atoms with van der Waals surface area (Å²) in [6, 6.07) is 0. The summed E-state index contributed by atoms with van der Waals surface area (Å²) in [5, 5.41) is 0. The zero-order chi connectivity index (χ0) is 10.1. The van der Waals surface area contributed by atoms with Crippen molar-refractivity contribution < 1.29 is 0 Å². The van der Waals surface area contributed by atoms with Crippen molar-refractivity contribution >= 4 is 0 Å². The molecule has 0 aromatic heterocycles. The summed E-state index contributed by atoms with van der Waals surface area (Å²) in [4.78, 5) is 0. The Morgan fingerprint density at radius 2 is 1.85 bits per heavy atom. The number of hydrogen-bond donors (Lipinski definition) is 0. The molecular weight excluding hydrogens is 156 g/mol. The topological polar surface area (TPSA) is 0 Å².